The highest BCUT2D eigenvalue weighted by Crippen LogP contribution is 2.18. The average Bonchev–Trinajstić information content (AvgIpc) is 3.01. The van der Waals surface area contributed by atoms with Gasteiger partial charge in [0.05, 0.1) is 6.10 Å². The Labute approximate surface area is 133 Å². The standard InChI is InChI=1S/C16H18N4O3/c21-13-7-9-20(10-13)14-6-8-17-15(18-14)19-16(22)23-11-12-4-2-1-3-5-12/h1-6,8,13,21H,7,9-11H2,(H,17,18,19,22). The lowest BCUT2D eigenvalue weighted by Crippen LogP contribution is -2.23. The van der Waals surface area contributed by atoms with Crippen LogP contribution in [0.15, 0.2) is 42.6 Å². The predicted octanol–water partition coefficient (Wildman–Crippen LogP) is 1.80. The molecule has 0 saturated carbocycles. The Balaban J connectivity index is 1.56. The van der Waals surface area contributed by atoms with Gasteiger partial charge in [-0.3, -0.25) is 5.32 Å². The number of amides is 1. The van der Waals surface area contributed by atoms with Crippen molar-refractivity contribution in [2.24, 2.45) is 0 Å². The van der Waals surface area contributed by atoms with Gasteiger partial charge in [-0.25, -0.2) is 9.78 Å². The van der Waals surface area contributed by atoms with Crippen molar-refractivity contribution in [1.82, 2.24) is 9.97 Å². The fraction of sp³-hybridized carbons (Fsp3) is 0.312. The van der Waals surface area contributed by atoms with E-state index in [1.165, 1.54) is 0 Å². The van der Waals surface area contributed by atoms with Gasteiger partial charge in [-0.05, 0) is 18.1 Å². The number of anilines is 2. The van der Waals surface area contributed by atoms with Gasteiger partial charge in [-0.15, -0.1) is 0 Å². The first-order chi connectivity index (χ1) is 11.2. The largest absolute Gasteiger partial charge is 0.444 e. The Kier molecular flexibility index (Phi) is 4.68. The molecule has 23 heavy (non-hydrogen) atoms. The van der Waals surface area contributed by atoms with Crippen LogP contribution in [0.5, 0.6) is 0 Å². The van der Waals surface area contributed by atoms with Gasteiger partial charge in [0.15, 0.2) is 0 Å². The Morgan fingerprint density at radius 2 is 2.17 bits per heavy atom. The molecule has 1 aliphatic rings. The van der Waals surface area contributed by atoms with Gasteiger partial charge in [0.1, 0.15) is 12.4 Å². The van der Waals surface area contributed by atoms with Crippen molar-refractivity contribution >= 4 is 17.9 Å². The van der Waals surface area contributed by atoms with Crippen LogP contribution >= 0.6 is 0 Å². The number of nitrogens with one attached hydrogen (secondary N) is 1. The number of nitrogens with zero attached hydrogens (tertiary/aromatic N) is 3. The van der Waals surface area contributed by atoms with E-state index in [0.29, 0.717) is 18.8 Å². The summed E-state index contributed by atoms with van der Waals surface area (Å²) in [7, 11) is 0. The van der Waals surface area contributed by atoms with Crippen LogP contribution < -0.4 is 10.2 Å². The second kappa shape index (κ2) is 7.06. The molecule has 1 aliphatic heterocycles. The van der Waals surface area contributed by atoms with Crippen molar-refractivity contribution in [3.8, 4) is 0 Å². The highest BCUT2D eigenvalue weighted by molar-refractivity contribution is 5.82. The molecular formula is C16H18N4O3. The number of aliphatic hydroxyl groups excluding tert-OH is 1. The normalized spacial score (nSPS) is 17.1. The number of aliphatic hydroxyl groups is 1. The zero-order valence-corrected chi connectivity index (χ0v) is 12.6. The summed E-state index contributed by atoms with van der Waals surface area (Å²) in [6.45, 7) is 1.45. The lowest BCUT2D eigenvalue weighted by molar-refractivity contribution is 0.155. The molecule has 2 N–H and O–H groups in total. The molecule has 1 unspecified atom stereocenters. The quantitative estimate of drug-likeness (QED) is 0.894. The minimum atomic E-state index is -0.604. The molecular weight excluding hydrogens is 296 g/mol. The summed E-state index contributed by atoms with van der Waals surface area (Å²) in [5.41, 5.74) is 0.906. The number of ether oxygens (including phenoxy) is 1. The first kappa shape index (κ1) is 15.2. The molecule has 7 nitrogen and oxygen atoms in total. The van der Waals surface area contributed by atoms with Crippen molar-refractivity contribution in [3.05, 3.63) is 48.2 Å². The Morgan fingerprint density at radius 3 is 2.91 bits per heavy atom. The van der Waals surface area contributed by atoms with Crippen molar-refractivity contribution in [2.75, 3.05) is 23.3 Å². The molecule has 0 bridgehead atoms. The zero-order chi connectivity index (χ0) is 16.1. The Hall–Kier alpha value is -2.67. The number of hydrogen-bond donors (Lipinski definition) is 2. The van der Waals surface area contributed by atoms with Gasteiger partial charge in [0.25, 0.3) is 0 Å². The van der Waals surface area contributed by atoms with E-state index in [0.717, 1.165) is 12.1 Å². The average molecular weight is 314 g/mol. The third kappa shape index (κ3) is 4.17. The molecule has 2 aromatic rings. The van der Waals surface area contributed by atoms with Crippen LogP contribution in [0.4, 0.5) is 16.6 Å². The van der Waals surface area contributed by atoms with Crippen LogP contribution in [0, 0.1) is 0 Å². The molecule has 3 rings (SSSR count). The zero-order valence-electron chi connectivity index (χ0n) is 12.6. The van der Waals surface area contributed by atoms with Crippen molar-refractivity contribution < 1.29 is 14.6 Å². The summed E-state index contributed by atoms with van der Waals surface area (Å²) in [5, 5.41) is 12.1. The Bertz CT molecular complexity index is 665. The summed E-state index contributed by atoms with van der Waals surface area (Å²) >= 11 is 0. The van der Waals surface area contributed by atoms with E-state index in [4.69, 9.17) is 4.74 Å². The summed E-state index contributed by atoms with van der Waals surface area (Å²) in [4.78, 5) is 22.0. The third-order valence-corrected chi connectivity index (χ3v) is 3.55. The number of carbonyl (C=O) groups excluding carboxylic acids is 1. The maximum absolute atomic E-state index is 11.8. The summed E-state index contributed by atoms with van der Waals surface area (Å²) in [5.74, 6) is 0.858. The number of carbonyl (C=O) groups is 1. The molecule has 120 valence electrons. The maximum atomic E-state index is 11.8. The van der Waals surface area contributed by atoms with Crippen LogP contribution in [-0.2, 0) is 11.3 Å². The SMILES string of the molecule is O=C(Nc1nccc(N2CCC(O)C2)n1)OCc1ccccc1. The van der Waals surface area contributed by atoms with Gasteiger partial charge < -0.3 is 14.7 Å². The van der Waals surface area contributed by atoms with Gasteiger partial charge in [0, 0.05) is 19.3 Å². The summed E-state index contributed by atoms with van der Waals surface area (Å²) < 4.78 is 5.13. The number of rotatable bonds is 4. The van der Waals surface area contributed by atoms with E-state index >= 15 is 0 Å². The molecule has 1 saturated heterocycles. The fourth-order valence-electron chi connectivity index (χ4n) is 2.39. The second-order valence-corrected chi connectivity index (χ2v) is 5.31. The van der Waals surface area contributed by atoms with Crippen molar-refractivity contribution in [2.45, 2.75) is 19.1 Å². The van der Waals surface area contributed by atoms with E-state index in [2.05, 4.69) is 15.3 Å². The molecule has 1 aromatic heterocycles. The summed E-state index contributed by atoms with van der Waals surface area (Å²) in [6.07, 6.45) is 1.34. The second-order valence-electron chi connectivity index (χ2n) is 5.31. The number of benzene rings is 1. The number of hydrogen-bond acceptors (Lipinski definition) is 6. The highest BCUT2D eigenvalue weighted by Gasteiger charge is 2.21. The van der Waals surface area contributed by atoms with Gasteiger partial charge >= 0.3 is 6.09 Å². The molecule has 1 amide bonds. The molecule has 1 aromatic carbocycles. The van der Waals surface area contributed by atoms with E-state index in [1.54, 1.807) is 12.3 Å². The smallest absolute Gasteiger partial charge is 0.414 e. The first-order valence-corrected chi connectivity index (χ1v) is 7.44. The van der Waals surface area contributed by atoms with Crippen molar-refractivity contribution in [3.63, 3.8) is 0 Å². The minimum absolute atomic E-state index is 0.182. The van der Waals surface area contributed by atoms with Gasteiger partial charge in [0.2, 0.25) is 5.95 Å². The van der Waals surface area contributed by atoms with Crippen LogP contribution in [-0.4, -0.2) is 40.4 Å². The van der Waals surface area contributed by atoms with E-state index in [1.807, 2.05) is 35.2 Å². The van der Waals surface area contributed by atoms with E-state index < -0.39 is 6.09 Å². The first-order valence-electron chi connectivity index (χ1n) is 7.44. The lowest BCUT2D eigenvalue weighted by atomic mass is 10.2. The van der Waals surface area contributed by atoms with Crippen LogP contribution in [0.3, 0.4) is 0 Å². The van der Waals surface area contributed by atoms with E-state index in [9.17, 15) is 9.90 Å². The van der Waals surface area contributed by atoms with Crippen LogP contribution in [0.2, 0.25) is 0 Å². The third-order valence-electron chi connectivity index (χ3n) is 3.55. The van der Waals surface area contributed by atoms with E-state index in [-0.39, 0.29) is 18.7 Å². The number of aromatic nitrogens is 2. The van der Waals surface area contributed by atoms with Crippen molar-refractivity contribution in [1.29, 1.82) is 0 Å². The Morgan fingerprint density at radius 1 is 1.35 bits per heavy atom. The molecule has 1 atom stereocenters. The molecule has 0 radical (unpaired) electrons. The van der Waals surface area contributed by atoms with Crippen LogP contribution in [0.1, 0.15) is 12.0 Å². The lowest BCUT2D eigenvalue weighted by Gasteiger charge is -2.16. The predicted molar refractivity (Wildman–Crippen MR) is 85.1 cm³/mol. The summed E-state index contributed by atoms with van der Waals surface area (Å²) in [6, 6.07) is 11.2. The minimum Gasteiger partial charge on any atom is -0.444 e. The highest BCUT2D eigenvalue weighted by atomic mass is 16.5. The molecule has 0 spiro atoms. The molecule has 7 heteroatoms. The molecule has 2 heterocycles. The topological polar surface area (TPSA) is 87.6 Å². The number of β-amino-alcohol motifs (C(OH)–C–C–N with tert-alkyl or cyclic N) is 1. The van der Waals surface area contributed by atoms with Crippen LogP contribution in [0.25, 0.3) is 0 Å². The van der Waals surface area contributed by atoms with Gasteiger partial charge in [-0.2, -0.15) is 4.98 Å². The molecule has 0 aliphatic carbocycles. The monoisotopic (exact) mass is 314 g/mol. The fourth-order valence-corrected chi connectivity index (χ4v) is 2.39. The maximum Gasteiger partial charge on any atom is 0.414 e. The molecule has 1 fully saturated rings. The van der Waals surface area contributed by atoms with Gasteiger partial charge in [-0.1, -0.05) is 30.3 Å².